The minimum absolute atomic E-state index is 0.00341. The maximum absolute atomic E-state index is 11.4. The fourth-order valence-corrected chi connectivity index (χ4v) is 1.38. The van der Waals surface area contributed by atoms with Crippen LogP contribution in [-0.2, 0) is 11.3 Å². The van der Waals surface area contributed by atoms with Crippen LogP contribution >= 0.6 is 0 Å². The number of nitrogens with two attached hydrogens (primary N) is 1. The van der Waals surface area contributed by atoms with Gasteiger partial charge in [0.2, 0.25) is 5.91 Å². The monoisotopic (exact) mass is 250 g/mol. The molecule has 0 aliphatic heterocycles. The number of rotatable bonds is 6. The predicted octanol–water partition coefficient (Wildman–Crippen LogP) is 0.403. The summed E-state index contributed by atoms with van der Waals surface area (Å²) in [6, 6.07) is 6.52. The number of nitrogens with one attached hydrogen (secondary N) is 3. The van der Waals surface area contributed by atoms with Crippen LogP contribution in [-0.4, -0.2) is 25.5 Å². The van der Waals surface area contributed by atoms with E-state index in [-0.39, 0.29) is 5.91 Å². The van der Waals surface area contributed by atoms with Gasteiger partial charge in [-0.25, -0.2) is 4.79 Å². The second-order valence-corrected chi connectivity index (χ2v) is 3.82. The van der Waals surface area contributed by atoms with Crippen LogP contribution in [0.15, 0.2) is 24.3 Å². The highest BCUT2D eigenvalue weighted by atomic mass is 16.2. The fraction of sp³-hybridized carbons (Fsp3) is 0.333. The molecule has 1 rings (SSSR count). The van der Waals surface area contributed by atoms with Gasteiger partial charge in [0.05, 0.1) is 0 Å². The minimum Gasteiger partial charge on any atom is -0.352 e. The standard InChI is InChI=1S/C12H18N4O2/c1-14-7-6-11(17)15-8-9-2-4-10(5-3-9)16-12(13)18/h2-5,14H,6-8H2,1H3,(H,15,17)(H3,13,16,18). The zero-order valence-corrected chi connectivity index (χ0v) is 10.3. The molecule has 0 aliphatic carbocycles. The molecule has 6 nitrogen and oxygen atoms in total. The van der Waals surface area contributed by atoms with Gasteiger partial charge in [0.25, 0.3) is 0 Å². The van der Waals surface area contributed by atoms with Crippen molar-refractivity contribution in [1.82, 2.24) is 10.6 Å². The molecule has 0 heterocycles. The zero-order valence-electron chi connectivity index (χ0n) is 10.3. The first-order valence-corrected chi connectivity index (χ1v) is 5.68. The summed E-state index contributed by atoms with van der Waals surface area (Å²) >= 11 is 0. The number of carbonyl (C=O) groups is 2. The van der Waals surface area contributed by atoms with Gasteiger partial charge in [0.15, 0.2) is 0 Å². The summed E-state index contributed by atoms with van der Waals surface area (Å²) in [6.45, 7) is 1.13. The molecule has 18 heavy (non-hydrogen) atoms. The van der Waals surface area contributed by atoms with Gasteiger partial charge in [-0.3, -0.25) is 4.79 Å². The van der Waals surface area contributed by atoms with Crippen molar-refractivity contribution in [3.8, 4) is 0 Å². The molecular weight excluding hydrogens is 232 g/mol. The van der Waals surface area contributed by atoms with Crippen molar-refractivity contribution in [3.05, 3.63) is 29.8 Å². The van der Waals surface area contributed by atoms with E-state index in [1.165, 1.54) is 0 Å². The highest BCUT2D eigenvalue weighted by Gasteiger charge is 2.01. The summed E-state index contributed by atoms with van der Waals surface area (Å²) in [5, 5.41) is 8.18. The normalized spacial score (nSPS) is 9.83. The first-order valence-electron chi connectivity index (χ1n) is 5.68. The Morgan fingerprint density at radius 2 is 1.89 bits per heavy atom. The lowest BCUT2D eigenvalue weighted by atomic mass is 10.2. The molecule has 3 amide bonds. The lowest BCUT2D eigenvalue weighted by Gasteiger charge is -2.06. The van der Waals surface area contributed by atoms with Crippen LogP contribution in [0.3, 0.4) is 0 Å². The van der Waals surface area contributed by atoms with Gasteiger partial charge in [0.1, 0.15) is 0 Å². The number of carbonyl (C=O) groups excluding carboxylic acids is 2. The van der Waals surface area contributed by atoms with Crippen molar-refractivity contribution < 1.29 is 9.59 Å². The van der Waals surface area contributed by atoms with Crippen molar-refractivity contribution >= 4 is 17.6 Å². The highest BCUT2D eigenvalue weighted by molar-refractivity contribution is 5.87. The van der Waals surface area contributed by atoms with Crippen LogP contribution in [0, 0.1) is 0 Å². The molecule has 0 aliphatic rings. The summed E-state index contributed by atoms with van der Waals surface area (Å²) in [4.78, 5) is 22.0. The van der Waals surface area contributed by atoms with Crippen LogP contribution < -0.4 is 21.7 Å². The van der Waals surface area contributed by atoms with Crippen molar-refractivity contribution in [2.24, 2.45) is 5.73 Å². The van der Waals surface area contributed by atoms with Gasteiger partial charge in [-0.05, 0) is 24.7 Å². The second-order valence-electron chi connectivity index (χ2n) is 3.82. The average Bonchev–Trinajstić information content (AvgIpc) is 2.35. The second kappa shape index (κ2) is 7.29. The van der Waals surface area contributed by atoms with Gasteiger partial charge in [-0.1, -0.05) is 12.1 Å². The SMILES string of the molecule is CNCCC(=O)NCc1ccc(NC(N)=O)cc1. The molecule has 0 saturated carbocycles. The van der Waals surface area contributed by atoms with E-state index in [1.54, 1.807) is 19.2 Å². The van der Waals surface area contributed by atoms with E-state index in [4.69, 9.17) is 5.73 Å². The van der Waals surface area contributed by atoms with Crippen LogP contribution in [0.2, 0.25) is 0 Å². The zero-order chi connectivity index (χ0) is 13.4. The van der Waals surface area contributed by atoms with Gasteiger partial charge >= 0.3 is 6.03 Å². The minimum atomic E-state index is -0.594. The third-order valence-corrected chi connectivity index (χ3v) is 2.31. The first-order chi connectivity index (χ1) is 8.61. The number of anilines is 1. The Bertz CT molecular complexity index is 403. The molecule has 0 fully saturated rings. The largest absolute Gasteiger partial charge is 0.352 e. The molecule has 0 aromatic heterocycles. The van der Waals surface area contributed by atoms with Crippen LogP contribution in [0.4, 0.5) is 10.5 Å². The van der Waals surface area contributed by atoms with E-state index < -0.39 is 6.03 Å². The Kier molecular flexibility index (Phi) is 5.66. The van der Waals surface area contributed by atoms with Crippen molar-refractivity contribution in [2.75, 3.05) is 18.9 Å². The number of hydrogen-bond donors (Lipinski definition) is 4. The van der Waals surface area contributed by atoms with Gasteiger partial charge in [-0.2, -0.15) is 0 Å². The Morgan fingerprint density at radius 3 is 2.44 bits per heavy atom. The van der Waals surface area contributed by atoms with Gasteiger partial charge < -0.3 is 21.7 Å². The fourth-order valence-electron chi connectivity index (χ4n) is 1.38. The molecule has 1 aromatic rings. The third kappa shape index (κ3) is 5.31. The maximum atomic E-state index is 11.4. The van der Waals surface area contributed by atoms with Crippen molar-refractivity contribution in [2.45, 2.75) is 13.0 Å². The molecule has 0 unspecified atom stereocenters. The lowest BCUT2D eigenvalue weighted by molar-refractivity contribution is -0.121. The highest BCUT2D eigenvalue weighted by Crippen LogP contribution is 2.08. The quantitative estimate of drug-likeness (QED) is 0.588. The Balaban J connectivity index is 2.39. The molecule has 0 spiro atoms. The van der Waals surface area contributed by atoms with Crippen LogP contribution in [0.1, 0.15) is 12.0 Å². The van der Waals surface area contributed by atoms with E-state index in [0.29, 0.717) is 25.2 Å². The molecule has 98 valence electrons. The molecule has 1 aromatic carbocycles. The number of benzene rings is 1. The van der Waals surface area contributed by atoms with E-state index in [9.17, 15) is 9.59 Å². The number of amides is 3. The predicted molar refractivity (Wildman–Crippen MR) is 70.0 cm³/mol. The molecule has 5 N–H and O–H groups in total. The van der Waals surface area contributed by atoms with Gasteiger partial charge in [0, 0.05) is 25.2 Å². The maximum Gasteiger partial charge on any atom is 0.316 e. The first kappa shape index (κ1) is 14.0. The lowest BCUT2D eigenvalue weighted by Crippen LogP contribution is -2.26. The molecule has 0 atom stereocenters. The van der Waals surface area contributed by atoms with Crippen molar-refractivity contribution in [3.63, 3.8) is 0 Å². The molecule has 0 bridgehead atoms. The number of urea groups is 1. The average molecular weight is 250 g/mol. The summed E-state index contributed by atoms with van der Waals surface area (Å²) in [6.07, 6.45) is 0.456. The molecular formula is C12H18N4O2. The number of primary amides is 1. The van der Waals surface area contributed by atoms with Crippen LogP contribution in [0.5, 0.6) is 0 Å². The summed E-state index contributed by atoms with van der Waals surface area (Å²) in [5.74, 6) is 0.00341. The third-order valence-electron chi connectivity index (χ3n) is 2.31. The van der Waals surface area contributed by atoms with Crippen molar-refractivity contribution in [1.29, 1.82) is 0 Å². The smallest absolute Gasteiger partial charge is 0.316 e. The van der Waals surface area contributed by atoms with E-state index >= 15 is 0 Å². The Labute approximate surface area is 106 Å². The molecule has 6 heteroatoms. The summed E-state index contributed by atoms with van der Waals surface area (Å²) < 4.78 is 0. The number of hydrogen-bond acceptors (Lipinski definition) is 3. The van der Waals surface area contributed by atoms with Crippen LogP contribution in [0.25, 0.3) is 0 Å². The topological polar surface area (TPSA) is 96.2 Å². The molecule has 0 radical (unpaired) electrons. The Morgan fingerprint density at radius 1 is 1.22 bits per heavy atom. The van der Waals surface area contributed by atoms with Gasteiger partial charge in [-0.15, -0.1) is 0 Å². The summed E-state index contributed by atoms with van der Waals surface area (Å²) in [5.41, 5.74) is 6.59. The Hall–Kier alpha value is -2.08. The van der Waals surface area contributed by atoms with E-state index in [1.807, 2.05) is 12.1 Å². The van der Waals surface area contributed by atoms with E-state index in [2.05, 4.69) is 16.0 Å². The molecule has 0 saturated heterocycles. The summed E-state index contributed by atoms with van der Waals surface area (Å²) in [7, 11) is 1.80. The van der Waals surface area contributed by atoms with E-state index in [0.717, 1.165) is 5.56 Å².